The monoisotopic (exact) mass is 203 g/mol. The third-order valence-corrected chi connectivity index (χ3v) is 3.19. The Bertz CT molecular complexity index is 172. The smallest absolute Gasteiger partial charge is 0.237 e. The molecule has 13 heavy (non-hydrogen) atoms. The van der Waals surface area contributed by atoms with Crippen LogP contribution in [0.15, 0.2) is 0 Å². The number of halogens is 1. The van der Waals surface area contributed by atoms with E-state index in [2.05, 4.69) is 13.8 Å². The molecular weight excluding hydrogens is 186 g/mol. The van der Waals surface area contributed by atoms with Crippen LogP contribution in [-0.2, 0) is 4.79 Å². The maximum Gasteiger partial charge on any atom is 0.237 e. The Morgan fingerprint density at radius 1 is 1.31 bits per heavy atom. The minimum Gasteiger partial charge on any atom is -0.336 e. The van der Waals surface area contributed by atoms with Gasteiger partial charge in [-0.25, -0.2) is 0 Å². The van der Waals surface area contributed by atoms with Crippen molar-refractivity contribution in [1.29, 1.82) is 0 Å². The van der Waals surface area contributed by atoms with Gasteiger partial charge in [0.05, 0.1) is 0 Å². The van der Waals surface area contributed by atoms with Gasteiger partial charge in [-0.05, 0) is 25.7 Å². The Morgan fingerprint density at radius 2 is 1.77 bits per heavy atom. The van der Waals surface area contributed by atoms with Gasteiger partial charge < -0.3 is 4.90 Å². The molecule has 0 aliphatic carbocycles. The molecule has 1 amide bonds. The topological polar surface area (TPSA) is 20.3 Å². The van der Waals surface area contributed by atoms with Crippen LogP contribution in [0.1, 0.15) is 39.5 Å². The zero-order chi connectivity index (χ0) is 9.84. The second-order valence-corrected chi connectivity index (χ2v) is 3.90. The molecule has 1 saturated heterocycles. The summed E-state index contributed by atoms with van der Waals surface area (Å²) in [5.74, 6) is 0.241. The molecule has 0 bridgehead atoms. The van der Waals surface area contributed by atoms with Gasteiger partial charge in [-0.15, -0.1) is 11.6 Å². The van der Waals surface area contributed by atoms with Gasteiger partial charge in [-0.1, -0.05) is 13.8 Å². The van der Waals surface area contributed by atoms with E-state index < -0.39 is 0 Å². The summed E-state index contributed by atoms with van der Waals surface area (Å²) >= 11 is 5.59. The SMILES string of the molecule is CCC1CCC(CC)N1C(=O)CCl. The molecule has 2 unspecified atom stereocenters. The van der Waals surface area contributed by atoms with E-state index in [1.54, 1.807) is 0 Å². The minimum atomic E-state index is 0.109. The maximum absolute atomic E-state index is 11.5. The third kappa shape index (κ3) is 2.16. The van der Waals surface area contributed by atoms with Crippen molar-refractivity contribution in [3.05, 3.63) is 0 Å². The number of alkyl halides is 1. The lowest BCUT2D eigenvalue weighted by molar-refractivity contribution is -0.131. The van der Waals surface area contributed by atoms with Crippen molar-refractivity contribution < 1.29 is 4.79 Å². The zero-order valence-corrected chi connectivity index (χ0v) is 9.18. The number of hydrogen-bond donors (Lipinski definition) is 0. The van der Waals surface area contributed by atoms with Crippen LogP contribution < -0.4 is 0 Å². The second kappa shape index (κ2) is 4.85. The molecular formula is C10H18ClNO. The molecule has 0 radical (unpaired) electrons. The number of amides is 1. The van der Waals surface area contributed by atoms with E-state index in [4.69, 9.17) is 11.6 Å². The van der Waals surface area contributed by atoms with E-state index in [0.717, 1.165) is 25.7 Å². The lowest BCUT2D eigenvalue weighted by Crippen LogP contribution is -2.41. The van der Waals surface area contributed by atoms with Crippen molar-refractivity contribution in [3.63, 3.8) is 0 Å². The first-order chi connectivity index (χ1) is 6.24. The highest BCUT2D eigenvalue weighted by Gasteiger charge is 2.33. The summed E-state index contributed by atoms with van der Waals surface area (Å²) < 4.78 is 0. The van der Waals surface area contributed by atoms with Crippen molar-refractivity contribution in [2.24, 2.45) is 0 Å². The molecule has 1 rings (SSSR count). The van der Waals surface area contributed by atoms with E-state index in [0.29, 0.717) is 12.1 Å². The molecule has 0 N–H and O–H groups in total. The summed E-state index contributed by atoms with van der Waals surface area (Å²) in [7, 11) is 0. The molecule has 0 aromatic rings. The summed E-state index contributed by atoms with van der Waals surface area (Å²) in [6.45, 7) is 4.27. The lowest BCUT2D eigenvalue weighted by atomic mass is 10.1. The van der Waals surface area contributed by atoms with Crippen LogP contribution >= 0.6 is 11.6 Å². The highest BCUT2D eigenvalue weighted by molar-refractivity contribution is 6.27. The highest BCUT2D eigenvalue weighted by atomic mass is 35.5. The summed E-state index contributed by atoms with van der Waals surface area (Å²) in [4.78, 5) is 13.6. The van der Waals surface area contributed by atoms with Gasteiger partial charge in [0.25, 0.3) is 0 Å². The molecule has 1 heterocycles. The standard InChI is InChI=1S/C10H18ClNO/c1-3-8-5-6-9(4-2)12(8)10(13)7-11/h8-9H,3-7H2,1-2H3. The molecule has 1 aliphatic heterocycles. The summed E-state index contributed by atoms with van der Waals surface area (Å²) in [5, 5.41) is 0. The first-order valence-corrected chi connectivity index (χ1v) is 5.65. The van der Waals surface area contributed by atoms with Crippen LogP contribution in [0.25, 0.3) is 0 Å². The van der Waals surface area contributed by atoms with Gasteiger partial charge in [-0.3, -0.25) is 4.79 Å². The molecule has 1 fully saturated rings. The van der Waals surface area contributed by atoms with Crippen LogP contribution in [0.5, 0.6) is 0 Å². The van der Waals surface area contributed by atoms with Gasteiger partial charge in [0.1, 0.15) is 5.88 Å². The first-order valence-electron chi connectivity index (χ1n) is 5.11. The number of hydrogen-bond acceptors (Lipinski definition) is 1. The summed E-state index contributed by atoms with van der Waals surface area (Å²) in [5.41, 5.74) is 0. The molecule has 0 aromatic carbocycles. The first kappa shape index (κ1) is 10.8. The number of carbonyl (C=O) groups is 1. The van der Waals surface area contributed by atoms with Crippen LogP contribution in [0.3, 0.4) is 0 Å². The Morgan fingerprint density at radius 3 is 2.08 bits per heavy atom. The summed E-state index contributed by atoms with van der Waals surface area (Å²) in [6, 6.07) is 0.882. The van der Waals surface area contributed by atoms with Gasteiger partial charge in [0.2, 0.25) is 5.91 Å². The number of likely N-dealkylation sites (tertiary alicyclic amines) is 1. The fourth-order valence-electron chi connectivity index (χ4n) is 2.24. The van der Waals surface area contributed by atoms with Crippen LogP contribution in [-0.4, -0.2) is 28.8 Å². The predicted octanol–water partition coefficient (Wildman–Crippen LogP) is 2.40. The molecule has 76 valence electrons. The van der Waals surface area contributed by atoms with Gasteiger partial charge in [0, 0.05) is 12.1 Å². The maximum atomic E-state index is 11.5. The van der Waals surface area contributed by atoms with Crippen molar-refractivity contribution in [2.75, 3.05) is 5.88 Å². The molecule has 0 spiro atoms. The lowest BCUT2D eigenvalue weighted by Gasteiger charge is -2.28. The predicted molar refractivity (Wildman–Crippen MR) is 55.0 cm³/mol. The van der Waals surface area contributed by atoms with Crippen molar-refractivity contribution in [2.45, 2.75) is 51.6 Å². The summed E-state index contributed by atoms with van der Waals surface area (Å²) in [6.07, 6.45) is 4.41. The third-order valence-electron chi connectivity index (χ3n) is 2.96. The Hall–Kier alpha value is -0.240. The van der Waals surface area contributed by atoms with E-state index >= 15 is 0 Å². The number of nitrogens with zero attached hydrogens (tertiary/aromatic N) is 1. The molecule has 0 saturated carbocycles. The zero-order valence-electron chi connectivity index (χ0n) is 8.42. The fourth-order valence-corrected chi connectivity index (χ4v) is 2.38. The van der Waals surface area contributed by atoms with Crippen molar-refractivity contribution >= 4 is 17.5 Å². The van der Waals surface area contributed by atoms with Crippen molar-refractivity contribution in [3.8, 4) is 0 Å². The normalized spacial score (nSPS) is 28.1. The van der Waals surface area contributed by atoms with E-state index in [9.17, 15) is 4.79 Å². The largest absolute Gasteiger partial charge is 0.336 e. The minimum absolute atomic E-state index is 0.109. The molecule has 0 aromatic heterocycles. The van der Waals surface area contributed by atoms with Crippen LogP contribution in [0.4, 0.5) is 0 Å². The van der Waals surface area contributed by atoms with Crippen LogP contribution in [0, 0.1) is 0 Å². The van der Waals surface area contributed by atoms with E-state index in [-0.39, 0.29) is 11.8 Å². The van der Waals surface area contributed by atoms with Gasteiger partial charge in [-0.2, -0.15) is 0 Å². The van der Waals surface area contributed by atoms with Gasteiger partial charge in [0.15, 0.2) is 0 Å². The van der Waals surface area contributed by atoms with E-state index in [1.807, 2.05) is 4.90 Å². The number of carbonyl (C=O) groups excluding carboxylic acids is 1. The quantitative estimate of drug-likeness (QED) is 0.646. The second-order valence-electron chi connectivity index (χ2n) is 3.64. The van der Waals surface area contributed by atoms with E-state index in [1.165, 1.54) is 0 Å². The highest BCUT2D eigenvalue weighted by Crippen LogP contribution is 2.28. The molecule has 2 nitrogen and oxygen atoms in total. The Labute approximate surface area is 85.2 Å². The Kier molecular flexibility index (Phi) is 4.04. The fraction of sp³-hybridized carbons (Fsp3) is 0.900. The average molecular weight is 204 g/mol. The van der Waals surface area contributed by atoms with Gasteiger partial charge >= 0.3 is 0 Å². The number of rotatable bonds is 3. The molecule has 3 heteroatoms. The molecule has 1 aliphatic rings. The Balaban J connectivity index is 2.67. The van der Waals surface area contributed by atoms with Crippen molar-refractivity contribution in [1.82, 2.24) is 4.90 Å². The molecule has 2 atom stereocenters. The average Bonchev–Trinajstić information content (AvgIpc) is 2.59. The van der Waals surface area contributed by atoms with Crippen LogP contribution in [0.2, 0.25) is 0 Å².